The Labute approximate surface area is 117 Å². The number of pyridine rings is 1. The van der Waals surface area contributed by atoms with Crippen molar-refractivity contribution in [2.45, 2.75) is 0 Å². The van der Waals surface area contributed by atoms with Crippen molar-refractivity contribution >= 4 is 6.29 Å². The maximum atomic E-state index is 11.1. The molecule has 2 aromatic carbocycles. The zero-order valence-electron chi connectivity index (χ0n) is 10.9. The average molecular weight is 259 g/mol. The van der Waals surface area contributed by atoms with E-state index in [1.807, 2.05) is 72.8 Å². The van der Waals surface area contributed by atoms with Crippen LogP contribution in [-0.4, -0.2) is 11.3 Å². The third-order valence-electron chi connectivity index (χ3n) is 3.14. The number of hydrogen-bond donors (Lipinski definition) is 0. The Bertz CT molecular complexity index is 663. The molecule has 3 rings (SSSR count). The van der Waals surface area contributed by atoms with Crippen LogP contribution in [-0.2, 0) is 0 Å². The fourth-order valence-electron chi connectivity index (χ4n) is 2.17. The van der Waals surface area contributed by atoms with Gasteiger partial charge in [0.2, 0.25) is 0 Å². The molecule has 0 N–H and O–H groups in total. The summed E-state index contributed by atoms with van der Waals surface area (Å²) in [4.78, 5) is 15.5. The molecule has 0 saturated carbocycles. The maximum Gasteiger partial charge on any atom is 0.168 e. The van der Waals surface area contributed by atoms with E-state index in [4.69, 9.17) is 0 Å². The number of hydrogen-bond acceptors (Lipinski definition) is 2. The Morgan fingerprint density at radius 1 is 0.700 bits per heavy atom. The number of aromatic nitrogens is 1. The van der Waals surface area contributed by atoms with Gasteiger partial charge in [0, 0.05) is 5.56 Å². The third kappa shape index (κ3) is 2.50. The Hall–Kier alpha value is -2.74. The summed E-state index contributed by atoms with van der Waals surface area (Å²) in [6.07, 6.45) is 0.791. The molecule has 1 heterocycles. The summed E-state index contributed by atoms with van der Waals surface area (Å²) in [6.45, 7) is 0. The van der Waals surface area contributed by atoms with E-state index in [-0.39, 0.29) is 0 Å². The molecular weight excluding hydrogens is 246 g/mol. The van der Waals surface area contributed by atoms with Gasteiger partial charge in [-0.25, -0.2) is 4.98 Å². The minimum Gasteiger partial charge on any atom is -0.296 e. The van der Waals surface area contributed by atoms with Crippen molar-refractivity contribution in [1.29, 1.82) is 0 Å². The molecule has 0 atom stereocenters. The highest BCUT2D eigenvalue weighted by Gasteiger charge is 2.06. The molecule has 3 aromatic rings. The van der Waals surface area contributed by atoms with Crippen LogP contribution in [0.2, 0.25) is 0 Å². The number of aldehydes is 1. The van der Waals surface area contributed by atoms with Gasteiger partial charge < -0.3 is 0 Å². The second-order valence-corrected chi connectivity index (χ2v) is 4.52. The van der Waals surface area contributed by atoms with Crippen molar-refractivity contribution in [2.24, 2.45) is 0 Å². The van der Waals surface area contributed by atoms with Gasteiger partial charge in [0.25, 0.3) is 0 Å². The minimum absolute atomic E-state index is 0.449. The lowest BCUT2D eigenvalue weighted by Crippen LogP contribution is -1.92. The van der Waals surface area contributed by atoms with Crippen LogP contribution in [0, 0.1) is 0 Å². The van der Waals surface area contributed by atoms with Crippen LogP contribution < -0.4 is 0 Å². The van der Waals surface area contributed by atoms with Gasteiger partial charge in [-0.3, -0.25) is 4.79 Å². The van der Waals surface area contributed by atoms with Crippen molar-refractivity contribution in [2.75, 3.05) is 0 Å². The molecule has 0 aliphatic carbocycles. The van der Waals surface area contributed by atoms with Crippen LogP contribution in [0.1, 0.15) is 10.5 Å². The molecule has 0 aliphatic rings. The number of benzene rings is 2. The highest BCUT2D eigenvalue weighted by Crippen LogP contribution is 2.25. The van der Waals surface area contributed by atoms with E-state index in [1.54, 1.807) is 0 Å². The first-order valence-corrected chi connectivity index (χ1v) is 6.45. The second-order valence-electron chi connectivity index (χ2n) is 4.52. The molecule has 1 aromatic heterocycles. The average Bonchev–Trinajstić information content (AvgIpc) is 2.56. The molecule has 20 heavy (non-hydrogen) atoms. The fraction of sp³-hybridized carbons (Fsp3) is 0. The molecule has 0 spiro atoms. The predicted molar refractivity (Wildman–Crippen MR) is 80.5 cm³/mol. The first-order chi connectivity index (χ1) is 9.86. The lowest BCUT2D eigenvalue weighted by atomic mass is 10.0. The molecule has 96 valence electrons. The summed E-state index contributed by atoms with van der Waals surface area (Å²) in [7, 11) is 0. The molecule has 0 saturated heterocycles. The summed E-state index contributed by atoms with van der Waals surface area (Å²) < 4.78 is 0. The summed E-state index contributed by atoms with van der Waals surface area (Å²) in [5.41, 5.74) is 4.35. The molecule has 0 fully saturated rings. The van der Waals surface area contributed by atoms with E-state index in [0.717, 1.165) is 28.7 Å². The van der Waals surface area contributed by atoms with E-state index >= 15 is 0 Å². The van der Waals surface area contributed by atoms with Gasteiger partial charge in [0.1, 0.15) is 5.69 Å². The van der Waals surface area contributed by atoms with Gasteiger partial charge >= 0.3 is 0 Å². The van der Waals surface area contributed by atoms with Gasteiger partial charge in [-0.1, -0.05) is 60.7 Å². The number of nitrogens with zero attached hydrogens (tertiary/aromatic N) is 1. The van der Waals surface area contributed by atoms with Crippen LogP contribution in [0.15, 0.2) is 72.8 Å². The number of carbonyl (C=O) groups excluding carboxylic acids is 1. The third-order valence-corrected chi connectivity index (χ3v) is 3.14. The van der Waals surface area contributed by atoms with Gasteiger partial charge in [0.05, 0.1) is 5.69 Å². The smallest absolute Gasteiger partial charge is 0.168 e. The molecule has 0 amide bonds. The maximum absolute atomic E-state index is 11.1. The zero-order chi connectivity index (χ0) is 13.8. The highest BCUT2D eigenvalue weighted by atomic mass is 16.1. The predicted octanol–water partition coefficient (Wildman–Crippen LogP) is 4.23. The Kier molecular flexibility index (Phi) is 3.38. The highest BCUT2D eigenvalue weighted by molar-refractivity contribution is 5.79. The molecule has 0 radical (unpaired) electrons. The number of rotatable bonds is 3. The van der Waals surface area contributed by atoms with Gasteiger partial charge in [-0.05, 0) is 23.3 Å². The van der Waals surface area contributed by atoms with E-state index in [1.165, 1.54) is 0 Å². The summed E-state index contributed by atoms with van der Waals surface area (Å²) in [5, 5.41) is 0. The van der Waals surface area contributed by atoms with E-state index < -0.39 is 0 Å². The first kappa shape index (κ1) is 12.3. The quantitative estimate of drug-likeness (QED) is 0.659. The van der Waals surface area contributed by atoms with Gasteiger partial charge in [-0.15, -0.1) is 0 Å². The van der Waals surface area contributed by atoms with Crippen molar-refractivity contribution in [3.8, 4) is 22.4 Å². The number of carbonyl (C=O) groups is 1. The largest absolute Gasteiger partial charge is 0.296 e. The van der Waals surface area contributed by atoms with Crippen molar-refractivity contribution in [1.82, 2.24) is 4.98 Å². The summed E-state index contributed by atoms with van der Waals surface area (Å²) in [5.74, 6) is 0. The van der Waals surface area contributed by atoms with Crippen molar-refractivity contribution in [3.05, 3.63) is 78.5 Å². The molecular formula is C18H13NO. The molecule has 0 bridgehead atoms. The standard InChI is InChI=1S/C18H13NO/c20-13-17-11-16(14-7-3-1-4-8-14)12-18(19-17)15-9-5-2-6-10-15/h1-13H. The van der Waals surface area contributed by atoms with Crippen LogP contribution in [0.4, 0.5) is 0 Å². The first-order valence-electron chi connectivity index (χ1n) is 6.45. The SMILES string of the molecule is O=Cc1cc(-c2ccccc2)cc(-c2ccccc2)n1. The lowest BCUT2D eigenvalue weighted by molar-refractivity contribution is 0.111. The van der Waals surface area contributed by atoms with Crippen molar-refractivity contribution < 1.29 is 4.79 Å². The fourth-order valence-corrected chi connectivity index (χ4v) is 2.17. The van der Waals surface area contributed by atoms with Crippen LogP contribution in [0.3, 0.4) is 0 Å². The Balaban J connectivity index is 2.15. The van der Waals surface area contributed by atoms with E-state index in [9.17, 15) is 4.79 Å². The van der Waals surface area contributed by atoms with Gasteiger partial charge in [0.15, 0.2) is 6.29 Å². The Morgan fingerprint density at radius 2 is 1.30 bits per heavy atom. The second kappa shape index (κ2) is 5.49. The normalized spacial score (nSPS) is 10.2. The van der Waals surface area contributed by atoms with Crippen LogP contribution in [0.25, 0.3) is 22.4 Å². The van der Waals surface area contributed by atoms with E-state index in [0.29, 0.717) is 5.69 Å². The topological polar surface area (TPSA) is 30.0 Å². The molecule has 0 aliphatic heterocycles. The van der Waals surface area contributed by atoms with Gasteiger partial charge in [-0.2, -0.15) is 0 Å². The summed E-state index contributed by atoms with van der Waals surface area (Å²) >= 11 is 0. The molecule has 0 unspecified atom stereocenters. The molecule has 2 heteroatoms. The van der Waals surface area contributed by atoms with Crippen molar-refractivity contribution in [3.63, 3.8) is 0 Å². The van der Waals surface area contributed by atoms with Crippen LogP contribution in [0.5, 0.6) is 0 Å². The monoisotopic (exact) mass is 259 g/mol. The summed E-state index contributed by atoms with van der Waals surface area (Å²) in [6, 6.07) is 23.7. The minimum atomic E-state index is 0.449. The van der Waals surface area contributed by atoms with E-state index in [2.05, 4.69) is 4.98 Å². The zero-order valence-corrected chi connectivity index (χ0v) is 10.9. The van der Waals surface area contributed by atoms with Crippen LogP contribution >= 0.6 is 0 Å². The molecule has 2 nitrogen and oxygen atoms in total. The lowest BCUT2D eigenvalue weighted by Gasteiger charge is -2.07. The Morgan fingerprint density at radius 3 is 1.90 bits per heavy atom.